The first kappa shape index (κ1) is 19.8. The first-order valence-corrected chi connectivity index (χ1v) is 8.04. The van der Waals surface area contributed by atoms with E-state index >= 15 is 0 Å². The molecule has 0 bridgehead atoms. The lowest BCUT2D eigenvalue weighted by molar-refractivity contribution is -0.121. The minimum absolute atomic E-state index is 0.0444. The largest absolute Gasteiger partial charge is 0.504 e. The number of phenols is 2. The van der Waals surface area contributed by atoms with Crippen LogP contribution in [0.4, 0.5) is 0 Å². The van der Waals surface area contributed by atoms with Gasteiger partial charge >= 0.3 is 0 Å². The summed E-state index contributed by atoms with van der Waals surface area (Å²) in [6.07, 6.45) is 2.12. The molecule has 2 aromatic rings. The predicted octanol–water partition coefficient (Wildman–Crippen LogP) is 3.26. The van der Waals surface area contributed by atoms with Crippen LogP contribution in [0.3, 0.4) is 0 Å². The smallest absolute Gasteiger partial charge is 0.164 e. The highest BCUT2D eigenvalue weighted by molar-refractivity contribution is 6.11. The van der Waals surface area contributed by atoms with E-state index in [1.807, 2.05) is 0 Å². The molecule has 0 heterocycles. The number of aromatic hydroxyl groups is 2. The fourth-order valence-corrected chi connectivity index (χ4v) is 2.48. The van der Waals surface area contributed by atoms with Crippen LogP contribution in [-0.4, -0.2) is 36.0 Å². The van der Waals surface area contributed by atoms with Crippen molar-refractivity contribution in [3.63, 3.8) is 0 Å². The topological polar surface area (TPSA) is 93.1 Å². The Bertz CT molecular complexity index is 855. The van der Waals surface area contributed by atoms with Crippen LogP contribution in [0.2, 0.25) is 0 Å². The Hall–Kier alpha value is -3.54. The average molecular weight is 368 g/mol. The van der Waals surface area contributed by atoms with Crippen LogP contribution in [0.5, 0.6) is 23.0 Å². The maximum atomic E-state index is 12.3. The number of carbonyl (C=O) groups is 2. The van der Waals surface area contributed by atoms with Gasteiger partial charge in [0.1, 0.15) is 0 Å². The normalized spacial score (nSPS) is 10.0. The third kappa shape index (κ3) is 4.76. The maximum Gasteiger partial charge on any atom is 0.164 e. The van der Waals surface area contributed by atoms with Crippen LogP contribution in [0.15, 0.2) is 55.1 Å². The van der Waals surface area contributed by atoms with Crippen LogP contribution in [0.25, 0.3) is 5.57 Å². The summed E-state index contributed by atoms with van der Waals surface area (Å²) in [6, 6.07) is 9.27. The van der Waals surface area contributed by atoms with Gasteiger partial charge in [-0.25, -0.2) is 0 Å². The monoisotopic (exact) mass is 368 g/mol. The van der Waals surface area contributed by atoms with Crippen molar-refractivity contribution in [3.05, 3.63) is 66.3 Å². The van der Waals surface area contributed by atoms with Gasteiger partial charge in [-0.1, -0.05) is 18.7 Å². The molecule has 0 aliphatic carbocycles. The van der Waals surface area contributed by atoms with Gasteiger partial charge in [0.15, 0.2) is 34.6 Å². The van der Waals surface area contributed by atoms with Crippen molar-refractivity contribution in [2.45, 2.75) is 6.42 Å². The predicted molar refractivity (Wildman–Crippen MR) is 101 cm³/mol. The van der Waals surface area contributed by atoms with Crippen LogP contribution in [0, 0.1) is 0 Å². The molecule has 0 atom stereocenters. The number of ether oxygens (including phenoxy) is 2. The molecule has 2 aromatic carbocycles. The number of carbonyl (C=O) groups excluding carboxylic acids is 2. The zero-order chi connectivity index (χ0) is 20.0. The fraction of sp³-hybridized carbons (Fsp3) is 0.143. The van der Waals surface area contributed by atoms with Gasteiger partial charge in [0.25, 0.3) is 0 Å². The molecule has 140 valence electrons. The van der Waals surface area contributed by atoms with Crippen molar-refractivity contribution < 1.29 is 29.3 Å². The van der Waals surface area contributed by atoms with E-state index in [2.05, 4.69) is 6.58 Å². The molecule has 0 unspecified atom stereocenters. The summed E-state index contributed by atoms with van der Waals surface area (Å²) in [6.45, 7) is 3.36. The van der Waals surface area contributed by atoms with Crippen LogP contribution < -0.4 is 9.47 Å². The highest BCUT2D eigenvalue weighted by atomic mass is 16.5. The van der Waals surface area contributed by atoms with Crippen LogP contribution in [0.1, 0.15) is 17.5 Å². The number of rotatable bonds is 8. The van der Waals surface area contributed by atoms with Gasteiger partial charge < -0.3 is 19.7 Å². The quantitative estimate of drug-likeness (QED) is 0.549. The molecular weight excluding hydrogens is 348 g/mol. The van der Waals surface area contributed by atoms with E-state index in [1.54, 1.807) is 24.3 Å². The average Bonchev–Trinajstić information content (AvgIpc) is 2.67. The Kier molecular flexibility index (Phi) is 6.38. The summed E-state index contributed by atoms with van der Waals surface area (Å²) in [5, 5.41) is 19.6. The summed E-state index contributed by atoms with van der Waals surface area (Å²) in [5.74, 6) is -0.414. The number of allylic oxidation sites excluding steroid dienone is 2. The molecule has 0 aliphatic heterocycles. The fourth-order valence-electron chi connectivity index (χ4n) is 2.48. The van der Waals surface area contributed by atoms with Crippen molar-refractivity contribution in [3.8, 4) is 23.0 Å². The van der Waals surface area contributed by atoms with E-state index in [0.29, 0.717) is 16.7 Å². The molecule has 0 amide bonds. The molecule has 0 fully saturated rings. The minimum Gasteiger partial charge on any atom is -0.504 e. The van der Waals surface area contributed by atoms with E-state index in [1.165, 1.54) is 32.4 Å². The number of methoxy groups -OCH3 is 2. The SMILES string of the molecule is C=CC(=O)CC(=O)C=C(c1ccc(O)c(OC)c1)c1ccc(O)c(OC)c1. The molecule has 6 heteroatoms. The van der Waals surface area contributed by atoms with Crippen molar-refractivity contribution >= 4 is 17.1 Å². The van der Waals surface area contributed by atoms with Gasteiger partial charge in [-0.2, -0.15) is 0 Å². The van der Waals surface area contributed by atoms with Crippen molar-refractivity contribution in [1.82, 2.24) is 0 Å². The minimum atomic E-state index is -0.408. The number of ketones is 2. The molecule has 0 saturated heterocycles. The molecule has 2 N–H and O–H groups in total. The zero-order valence-corrected chi connectivity index (χ0v) is 15.1. The van der Waals surface area contributed by atoms with Gasteiger partial charge in [0, 0.05) is 0 Å². The van der Waals surface area contributed by atoms with Gasteiger partial charge in [0.2, 0.25) is 0 Å². The maximum absolute atomic E-state index is 12.3. The highest BCUT2D eigenvalue weighted by Gasteiger charge is 2.14. The van der Waals surface area contributed by atoms with E-state index in [0.717, 1.165) is 6.08 Å². The summed E-state index contributed by atoms with van der Waals surface area (Å²) < 4.78 is 10.3. The van der Waals surface area contributed by atoms with E-state index in [-0.39, 0.29) is 35.2 Å². The van der Waals surface area contributed by atoms with Gasteiger partial charge in [0.05, 0.1) is 20.6 Å². The number of hydrogen-bond acceptors (Lipinski definition) is 6. The molecule has 6 nitrogen and oxygen atoms in total. The number of benzene rings is 2. The molecule has 27 heavy (non-hydrogen) atoms. The Morgan fingerprint density at radius 1 is 0.926 bits per heavy atom. The lowest BCUT2D eigenvalue weighted by Crippen LogP contribution is -2.03. The summed E-state index contributed by atoms with van der Waals surface area (Å²) in [5.41, 5.74) is 1.64. The third-order valence-electron chi connectivity index (χ3n) is 3.86. The first-order valence-electron chi connectivity index (χ1n) is 8.04. The summed E-state index contributed by atoms with van der Waals surface area (Å²) in [4.78, 5) is 23.8. The molecule has 0 aliphatic rings. The van der Waals surface area contributed by atoms with E-state index < -0.39 is 5.78 Å². The standard InChI is InChI=1S/C21H20O6/c1-4-15(22)11-16(23)12-17(13-5-7-18(24)20(9-13)26-2)14-6-8-19(25)21(10-14)27-3/h4-10,12,24-25H,1,11H2,2-3H3. The van der Waals surface area contributed by atoms with Gasteiger partial charge in [-0.05, 0) is 53.1 Å². The molecule has 2 rings (SSSR count). The van der Waals surface area contributed by atoms with E-state index in [9.17, 15) is 19.8 Å². The lowest BCUT2D eigenvalue weighted by atomic mass is 9.95. The zero-order valence-electron chi connectivity index (χ0n) is 15.1. The molecular formula is C21H20O6. The second-order valence-corrected chi connectivity index (χ2v) is 5.64. The highest BCUT2D eigenvalue weighted by Crippen LogP contribution is 2.35. The molecule has 0 aromatic heterocycles. The second kappa shape index (κ2) is 8.71. The van der Waals surface area contributed by atoms with Gasteiger partial charge in [-0.3, -0.25) is 9.59 Å². The Balaban J connectivity index is 2.60. The van der Waals surface area contributed by atoms with Crippen molar-refractivity contribution in [2.75, 3.05) is 14.2 Å². The molecule has 0 saturated carbocycles. The van der Waals surface area contributed by atoms with Crippen LogP contribution in [-0.2, 0) is 9.59 Å². The number of phenolic OH excluding ortho intramolecular Hbond substituents is 2. The third-order valence-corrected chi connectivity index (χ3v) is 3.86. The number of hydrogen-bond donors (Lipinski definition) is 2. The van der Waals surface area contributed by atoms with Crippen molar-refractivity contribution in [1.29, 1.82) is 0 Å². The Morgan fingerprint density at radius 3 is 1.81 bits per heavy atom. The van der Waals surface area contributed by atoms with Crippen LogP contribution >= 0.6 is 0 Å². The Labute approximate surface area is 157 Å². The molecule has 0 radical (unpaired) electrons. The first-order chi connectivity index (χ1) is 12.9. The Morgan fingerprint density at radius 2 is 1.41 bits per heavy atom. The van der Waals surface area contributed by atoms with E-state index in [4.69, 9.17) is 9.47 Å². The molecule has 0 spiro atoms. The van der Waals surface area contributed by atoms with Gasteiger partial charge in [-0.15, -0.1) is 0 Å². The summed E-state index contributed by atoms with van der Waals surface area (Å²) in [7, 11) is 2.83. The summed E-state index contributed by atoms with van der Waals surface area (Å²) >= 11 is 0. The lowest BCUT2D eigenvalue weighted by Gasteiger charge is -2.13. The second-order valence-electron chi connectivity index (χ2n) is 5.64. The van der Waals surface area contributed by atoms with Crippen molar-refractivity contribution in [2.24, 2.45) is 0 Å².